The molecule has 5 nitrogen and oxygen atoms in total. The molecule has 0 spiro atoms. The Balaban J connectivity index is 1.87. The van der Waals surface area contributed by atoms with E-state index >= 15 is 0 Å². The van der Waals surface area contributed by atoms with Crippen LogP contribution < -0.4 is 15.5 Å². The molecule has 0 aliphatic carbocycles. The van der Waals surface area contributed by atoms with Gasteiger partial charge < -0.3 is 15.5 Å². The monoisotopic (exact) mass is 339 g/mol. The van der Waals surface area contributed by atoms with Crippen LogP contribution in [0.3, 0.4) is 0 Å². The Morgan fingerprint density at radius 3 is 2.48 bits per heavy atom. The number of benzene rings is 1. The molecule has 0 bridgehead atoms. The average molecular weight is 339 g/mol. The van der Waals surface area contributed by atoms with Gasteiger partial charge in [0.2, 0.25) is 0 Å². The van der Waals surface area contributed by atoms with Crippen molar-refractivity contribution in [2.24, 2.45) is 4.99 Å². The van der Waals surface area contributed by atoms with E-state index in [9.17, 15) is 0 Å². The van der Waals surface area contributed by atoms with Crippen molar-refractivity contribution < 1.29 is 0 Å². The van der Waals surface area contributed by atoms with Crippen molar-refractivity contribution in [1.29, 1.82) is 0 Å². The number of nitrogens with zero attached hydrogens (tertiary/aromatic N) is 3. The van der Waals surface area contributed by atoms with Crippen molar-refractivity contribution in [3.8, 4) is 0 Å². The number of pyridine rings is 1. The lowest BCUT2D eigenvalue weighted by molar-refractivity contribution is 0.790. The third-order valence-electron chi connectivity index (χ3n) is 3.95. The van der Waals surface area contributed by atoms with Crippen LogP contribution in [0.1, 0.15) is 22.3 Å². The van der Waals surface area contributed by atoms with Crippen LogP contribution in [0.2, 0.25) is 0 Å². The summed E-state index contributed by atoms with van der Waals surface area (Å²) in [4.78, 5) is 10.8. The molecule has 0 fully saturated rings. The molecule has 1 heterocycles. The van der Waals surface area contributed by atoms with Crippen LogP contribution in [0, 0.1) is 13.8 Å². The number of nitrogens with one attached hydrogen (secondary N) is 2. The molecule has 25 heavy (non-hydrogen) atoms. The van der Waals surface area contributed by atoms with Crippen molar-refractivity contribution in [2.75, 3.05) is 32.6 Å². The van der Waals surface area contributed by atoms with Crippen molar-refractivity contribution in [3.05, 3.63) is 58.8 Å². The summed E-state index contributed by atoms with van der Waals surface area (Å²) in [6.07, 6.45) is 2.79. The molecule has 134 valence electrons. The average Bonchev–Trinajstić information content (AvgIpc) is 2.57. The number of aryl methyl sites for hydroxylation is 2. The lowest BCUT2D eigenvalue weighted by atomic mass is 10.1. The third kappa shape index (κ3) is 5.78. The van der Waals surface area contributed by atoms with Gasteiger partial charge in [-0.3, -0.25) is 4.99 Å². The van der Waals surface area contributed by atoms with E-state index in [4.69, 9.17) is 0 Å². The Morgan fingerprint density at radius 2 is 1.84 bits per heavy atom. The van der Waals surface area contributed by atoms with Crippen LogP contribution in [0.25, 0.3) is 0 Å². The van der Waals surface area contributed by atoms with E-state index in [0.717, 1.165) is 30.3 Å². The van der Waals surface area contributed by atoms with Crippen LogP contribution in [-0.4, -0.2) is 38.6 Å². The van der Waals surface area contributed by atoms with Crippen LogP contribution in [0.15, 0.2) is 41.5 Å². The summed E-state index contributed by atoms with van der Waals surface area (Å²) in [6.45, 7) is 5.81. The summed E-state index contributed by atoms with van der Waals surface area (Å²) >= 11 is 0. The van der Waals surface area contributed by atoms with Gasteiger partial charge in [-0.25, -0.2) is 4.98 Å². The van der Waals surface area contributed by atoms with Crippen molar-refractivity contribution >= 4 is 11.8 Å². The maximum absolute atomic E-state index is 4.43. The highest BCUT2D eigenvalue weighted by Gasteiger charge is 2.06. The Bertz CT molecular complexity index is 702. The molecule has 0 aliphatic rings. The van der Waals surface area contributed by atoms with E-state index in [1.165, 1.54) is 16.7 Å². The number of hydrogen-bond donors (Lipinski definition) is 2. The fourth-order valence-corrected chi connectivity index (χ4v) is 2.91. The molecule has 0 aliphatic heterocycles. The topological polar surface area (TPSA) is 52.6 Å². The third-order valence-corrected chi connectivity index (χ3v) is 3.95. The van der Waals surface area contributed by atoms with Gasteiger partial charge in [0.05, 0.1) is 0 Å². The maximum Gasteiger partial charge on any atom is 0.191 e. The maximum atomic E-state index is 4.43. The summed E-state index contributed by atoms with van der Waals surface area (Å²) in [5.74, 6) is 1.78. The first kappa shape index (κ1) is 18.8. The van der Waals surface area contributed by atoms with Gasteiger partial charge in [0, 0.05) is 46.0 Å². The van der Waals surface area contributed by atoms with Crippen LogP contribution in [0.5, 0.6) is 0 Å². The summed E-state index contributed by atoms with van der Waals surface area (Å²) in [7, 11) is 5.80. The van der Waals surface area contributed by atoms with E-state index in [-0.39, 0.29) is 0 Å². The lowest BCUT2D eigenvalue weighted by Crippen LogP contribution is -2.38. The minimum absolute atomic E-state index is 0.685. The van der Waals surface area contributed by atoms with E-state index in [2.05, 4.69) is 58.7 Å². The lowest BCUT2D eigenvalue weighted by Gasteiger charge is -2.17. The minimum atomic E-state index is 0.685. The van der Waals surface area contributed by atoms with Crippen LogP contribution in [0.4, 0.5) is 5.82 Å². The predicted molar refractivity (Wildman–Crippen MR) is 106 cm³/mol. The highest BCUT2D eigenvalue weighted by atomic mass is 15.2. The normalized spacial score (nSPS) is 11.3. The molecule has 1 aromatic heterocycles. The van der Waals surface area contributed by atoms with Gasteiger partial charge in [-0.2, -0.15) is 0 Å². The van der Waals surface area contributed by atoms with Crippen LogP contribution >= 0.6 is 0 Å². The molecule has 2 N–H and O–H groups in total. The molecule has 0 saturated heterocycles. The van der Waals surface area contributed by atoms with Gasteiger partial charge in [0.25, 0.3) is 0 Å². The zero-order valence-electron chi connectivity index (χ0n) is 15.9. The smallest absolute Gasteiger partial charge is 0.191 e. The summed E-state index contributed by atoms with van der Waals surface area (Å²) in [5, 5.41) is 6.74. The molecule has 0 radical (unpaired) electrons. The molecule has 2 rings (SSSR count). The zero-order chi connectivity index (χ0) is 18.2. The molecule has 0 saturated carbocycles. The van der Waals surface area contributed by atoms with Crippen molar-refractivity contribution in [2.45, 2.75) is 26.8 Å². The van der Waals surface area contributed by atoms with Crippen molar-refractivity contribution in [3.63, 3.8) is 0 Å². The van der Waals surface area contributed by atoms with E-state index in [0.29, 0.717) is 6.54 Å². The molecule has 0 atom stereocenters. The Kier molecular flexibility index (Phi) is 6.81. The molecule has 1 aromatic carbocycles. The molecule has 0 amide bonds. The second-order valence-electron chi connectivity index (χ2n) is 6.48. The zero-order valence-corrected chi connectivity index (χ0v) is 15.9. The molecule has 2 aromatic rings. The number of guanidine groups is 1. The summed E-state index contributed by atoms with van der Waals surface area (Å²) in [6, 6.07) is 10.7. The number of anilines is 1. The van der Waals surface area contributed by atoms with E-state index in [1.807, 2.05) is 31.3 Å². The van der Waals surface area contributed by atoms with Gasteiger partial charge in [-0.15, -0.1) is 0 Å². The number of rotatable bonds is 6. The number of aliphatic imine (C=N–C) groups is 1. The second-order valence-corrected chi connectivity index (χ2v) is 6.48. The highest BCUT2D eigenvalue weighted by molar-refractivity contribution is 5.79. The SMILES string of the molecule is CN=C(NCCc1cc(C)cc(C)c1)NCc1cccnc1N(C)C. The predicted octanol–water partition coefficient (Wildman–Crippen LogP) is 2.67. The molecular formula is C20H29N5. The quantitative estimate of drug-likeness (QED) is 0.628. The molecule has 5 heteroatoms. The second kappa shape index (κ2) is 9.06. The Morgan fingerprint density at radius 1 is 1.12 bits per heavy atom. The highest BCUT2D eigenvalue weighted by Crippen LogP contribution is 2.13. The molecular weight excluding hydrogens is 310 g/mol. The number of aromatic nitrogens is 1. The van der Waals surface area contributed by atoms with Gasteiger partial charge in [0.1, 0.15) is 5.82 Å². The first-order valence-electron chi connectivity index (χ1n) is 8.62. The Labute approximate surface area is 151 Å². The summed E-state index contributed by atoms with van der Waals surface area (Å²) < 4.78 is 0. The largest absolute Gasteiger partial charge is 0.362 e. The van der Waals surface area contributed by atoms with E-state index in [1.54, 1.807) is 7.05 Å². The minimum Gasteiger partial charge on any atom is -0.362 e. The van der Waals surface area contributed by atoms with Gasteiger partial charge in [-0.1, -0.05) is 35.4 Å². The van der Waals surface area contributed by atoms with Gasteiger partial charge in [0.15, 0.2) is 5.96 Å². The fraction of sp³-hybridized carbons (Fsp3) is 0.400. The standard InChI is InChI=1S/C20H29N5/c1-15-11-16(2)13-17(12-15)8-10-23-20(21-3)24-14-18-7-6-9-22-19(18)25(4)5/h6-7,9,11-13H,8,10,14H2,1-5H3,(H2,21,23,24). The number of hydrogen-bond acceptors (Lipinski definition) is 3. The first-order valence-corrected chi connectivity index (χ1v) is 8.62. The molecule has 0 unspecified atom stereocenters. The Hall–Kier alpha value is -2.56. The van der Waals surface area contributed by atoms with Gasteiger partial charge >= 0.3 is 0 Å². The summed E-state index contributed by atoms with van der Waals surface area (Å²) in [5.41, 5.74) is 5.11. The van der Waals surface area contributed by atoms with Gasteiger partial charge in [-0.05, 0) is 31.9 Å². The van der Waals surface area contributed by atoms with Crippen LogP contribution in [-0.2, 0) is 13.0 Å². The van der Waals surface area contributed by atoms with E-state index < -0.39 is 0 Å². The van der Waals surface area contributed by atoms with Crippen molar-refractivity contribution in [1.82, 2.24) is 15.6 Å². The fourth-order valence-electron chi connectivity index (χ4n) is 2.91. The first-order chi connectivity index (χ1) is 12.0.